The van der Waals surface area contributed by atoms with Crippen LogP contribution in [-0.2, 0) is 4.79 Å². The van der Waals surface area contributed by atoms with E-state index in [0.717, 1.165) is 23.3 Å². The number of benzene rings is 2. The second-order valence-electron chi connectivity index (χ2n) is 7.36. The Labute approximate surface area is 208 Å². The van der Waals surface area contributed by atoms with Crippen molar-refractivity contribution in [1.82, 2.24) is 24.8 Å². The molecule has 174 valence electrons. The van der Waals surface area contributed by atoms with E-state index in [1.54, 1.807) is 35.1 Å². The summed E-state index contributed by atoms with van der Waals surface area (Å²) < 4.78 is 20.4. The molecule has 0 aliphatic heterocycles. The largest absolute Gasteiger partial charge is 0.481 e. The van der Waals surface area contributed by atoms with Gasteiger partial charge < -0.3 is 10.1 Å². The summed E-state index contributed by atoms with van der Waals surface area (Å²) in [4.78, 5) is 16.5. The van der Waals surface area contributed by atoms with Crippen molar-refractivity contribution in [1.29, 1.82) is 0 Å². The lowest BCUT2D eigenvalue weighted by Crippen LogP contribution is -2.20. The van der Waals surface area contributed by atoms with Gasteiger partial charge in [0.05, 0.1) is 15.7 Å². The van der Waals surface area contributed by atoms with Gasteiger partial charge in [-0.2, -0.15) is 9.61 Å². The number of carbonyl (C=O) groups excluding carboxylic acids is 1. The summed E-state index contributed by atoms with van der Waals surface area (Å²) in [5.74, 6) is -0.417. The van der Waals surface area contributed by atoms with Gasteiger partial charge in [0, 0.05) is 29.2 Å². The third-order valence-electron chi connectivity index (χ3n) is 4.95. The number of hydrogen-bond acceptors (Lipinski definition) is 6. The number of fused-ring (bicyclic) bond motifs is 1. The van der Waals surface area contributed by atoms with Gasteiger partial charge in [-0.1, -0.05) is 35.3 Å². The molecule has 0 saturated heterocycles. The van der Waals surface area contributed by atoms with Gasteiger partial charge in [-0.3, -0.25) is 9.78 Å². The van der Waals surface area contributed by atoms with E-state index in [1.165, 1.54) is 0 Å². The highest BCUT2D eigenvalue weighted by Crippen LogP contribution is 2.33. The van der Waals surface area contributed by atoms with Crippen molar-refractivity contribution in [2.24, 2.45) is 0 Å². The minimum absolute atomic E-state index is 0.0219. The number of rotatable bonds is 6. The molecule has 8 nitrogen and oxygen atoms in total. The van der Waals surface area contributed by atoms with Crippen LogP contribution in [0.15, 0.2) is 73.1 Å². The Morgan fingerprint density at radius 3 is 2.51 bits per heavy atom. The molecule has 0 unspecified atom stereocenters. The van der Waals surface area contributed by atoms with E-state index in [0.29, 0.717) is 22.9 Å². The van der Waals surface area contributed by atoms with Gasteiger partial charge in [0.25, 0.3) is 5.91 Å². The highest BCUT2D eigenvalue weighted by molar-refractivity contribution is 6.37. The van der Waals surface area contributed by atoms with Crippen molar-refractivity contribution in [3.05, 3.63) is 88.9 Å². The molecule has 0 saturated carbocycles. The Kier molecular flexibility index (Phi) is 6.26. The fourth-order valence-corrected chi connectivity index (χ4v) is 3.95. The lowest BCUT2D eigenvalue weighted by Gasteiger charge is -2.11. The Morgan fingerprint density at radius 2 is 1.74 bits per heavy atom. The highest BCUT2D eigenvalue weighted by Gasteiger charge is 2.14. The number of amides is 1. The number of aromatic nitrogens is 5. The number of pyridine rings is 1. The van der Waals surface area contributed by atoms with Crippen molar-refractivity contribution in [3.63, 3.8) is 0 Å². The Hall–Kier alpha value is -4.08. The Bertz CT molecular complexity index is 1520. The molecule has 0 atom stereocenters. The van der Waals surface area contributed by atoms with Crippen LogP contribution < -0.4 is 10.1 Å². The summed E-state index contributed by atoms with van der Waals surface area (Å²) in [7, 11) is 0. The van der Waals surface area contributed by atoms with Crippen molar-refractivity contribution in [3.8, 4) is 28.4 Å². The third kappa shape index (κ3) is 4.91. The molecule has 2 aromatic carbocycles. The van der Waals surface area contributed by atoms with Crippen LogP contribution in [0.1, 0.15) is 0 Å². The maximum atomic E-state index is 13.3. The SMILES string of the molecule is O=C(COc1c(Cl)cc(F)cc1Cl)Nc1cccc(-c2ccc3nnc(-c4ccncc4)n3n2)c1. The predicted molar refractivity (Wildman–Crippen MR) is 130 cm³/mol. The van der Waals surface area contributed by atoms with Gasteiger partial charge >= 0.3 is 0 Å². The number of hydrogen-bond donors (Lipinski definition) is 1. The maximum Gasteiger partial charge on any atom is 0.262 e. The summed E-state index contributed by atoms with van der Waals surface area (Å²) in [6, 6.07) is 16.6. The molecule has 0 spiro atoms. The van der Waals surface area contributed by atoms with Crippen molar-refractivity contribution in [2.45, 2.75) is 0 Å². The van der Waals surface area contributed by atoms with Crippen LogP contribution in [0, 0.1) is 5.82 Å². The quantitative estimate of drug-likeness (QED) is 0.333. The molecular formula is C24H15Cl2FN6O2. The highest BCUT2D eigenvalue weighted by atomic mass is 35.5. The second-order valence-corrected chi connectivity index (χ2v) is 8.18. The Balaban J connectivity index is 1.34. The van der Waals surface area contributed by atoms with Crippen LogP contribution in [0.25, 0.3) is 28.3 Å². The van der Waals surface area contributed by atoms with E-state index in [2.05, 4.69) is 25.6 Å². The van der Waals surface area contributed by atoms with Crippen LogP contribution >= 0.6 is 23.2 Å². The zero-order valence-electron chi connectivity index (χ0n) is 17.8. The van der Waals surface area contributed by atoms with Gasteiger partial charge in [-0.05, 0) is 48.5 Å². The molecular weight excluding hydrogens is 494 g/mol. The minimum atomic E-state index is -0.597. The zero-order valence-corrected chi connectivity index (χ0v) is 19.3. The first-order chi connectivity index (χ1) is 17.0. The fraction of sp³-hybridized carbons (Fsp3) is 0.0417. The molecule has 0 radical (unpaired) electrons. The van der Waals surface area contributed by atoms with Crippen LogP contribution in [0.5, 0.6) is 5.75 Å². The molecule has 3 aromatic heterocycles. The Morgan fingerprint density at radius 1 is 0.971 bits per heavy atom. The van der Waals surface area contributed by atoms with Crippen LogP contribution in [0.4, 0.5) is 10.1 Å². The van der Waals surface area contributed by atoms with E-state index in [4.69, 9.17) is 27.9 Å². The number of nitrogens with zero attached hydrogens (tertiary/aromatic N) is 5. The van der Waals surface area contributed by atoms with Crippen molar-refractivity contribution >= 4 is 40.4 Å². The fourth-order valence-electron chi connectivity index (χ4n) is 3.38. The van der Waals surface area contributed by atoms with E-state index >= 15 is 0 Å². The summed E-state index contributed by atoms with van der Waals surface area (Å²) in [6.07, 6.45) is 3.35. The first kappa shape index (κ1) is 22.7. The molecule has 3 heterocycles. The molecule has 1 N–H and O–H groups in total. The number of ether oxygens (including phenoxy) is 1. The molecule has 0 bridgehead atoms. The normalized spacial score (nSPS) is 10.9. The monoisotopic (exact) mass is 508 g/mol. The second kappa shape index (κ2) is 9.65. The number of anilines is 1. The van der Waals surface area contributed by atoms with Gasteiger partial charge in [-0.25, -0.2) is 4.39 Å². The number of halogens is 3. The summed E-state index contributed by atoms with van der Waals surface area (Å²) in [5.41, 5.74) is 3.39. The molecule has 11 heteroatoms. The predicted octanol–water partition coefficient (Wildman–Crippen LogP) is 5.32. The third-order valence-corrected chi connectivity index (χ3v) is 5.52. The van der Waals surface area contributed by atoms with Crippen molar-refractivity contribution in [2.75, 3.05) is 11.9 Å². The lowest BCUT2D eigenvalue weighted by molar-refractivity contribution is -0.118. The average Bonchev–Trinajstić information content (AvgIpc) is 3.27. The van der Waals surface area contributed by atoms with E-state index in [9.17, 15) is 9.18 Å². The lowest BCUT2D eigenvalue weighted by atomic mass is 10.1. The smallest absolute Gasteiger partial charge is 0.262 e. The van der Waals surface area contributed by atoms with E-state index < -0.39 is 11.7 Å². The first-order valence-corrected chi connectivity index (χ1v) is 11.0. The number of carbonyl (C=O) groups is 1. The van der Waals surface area contributed by atoms with Gasteiger partial charge in [0.2, 0.25) is 0 Å². The first-order valence-electron chi connectivity index (χ1n) is 10.3. The summed E-state index contributed by atoms with van der Waals surface area (Å²) in [5, 5.41) is 15.8. The van der Waals surface area contributed by atoms with E-state index in [-0.39, 0.29) is 22.4 Å². The standard InChI is InChI=1S/C24H15Cl2FN6O2/c25-18-11-16(27)12-19(26)23(18)35-13-22(34)29-17-3-1-2-15(10-17)20-4-5-21-30-31-24(33(21)32-20)14-6-8-28-9-7-14/h1-12H,13H2,(H,29,34). The van der Waals surface area contributed by atoms with Gasteiger partial charge in [0.1, 0.15) is 5.82 Å². The molecule has 5 aromatic rings. The van der Waals surface area contributed by atoms with Gasteiger partial charge in [-0.15, -0.1) is 10.2 Å². The molecule has 5 rings (SSSR count). The average molecular weight is 509 g/mol. The molecule has 0 aliphatic rings. The van der Waals surface area contributed by atoms with Crippen LogP contribution in [0.3, 0.4) is 0 Å². The number of nitrogens with one attached hydrogen (secondary N) is 1. The van der Waals surface area contributed by atoms with Gasteiger partial charge in [0.15, 0.2) is 23.8 Å². The van der Waals surface area contributed by atoms with Crippen LogP contribution in [-0.4, -0.2) is 37.3 Å². The minimum Gasteiger partial charge on any atom is -0.481 e. The summed E-state index contributed by atoms with van der Waals surface area (Å²) in [6.45, 7) is -0.366. The topological polar surface area (TPSA) is 94.3 Å². The summed E-state index contributed by atoms with van der Waals surface area (Å²) >= 11 is 11.9. The molecule has 0 aliphatic carbocycles. The van der Waals surface area contributed by atoms with Crippen LogP contribution in [0.2, 0.25) is 10.0 Å². The molecule has 1 amide bonds. The van der Waals surface area contributed by atoms with Crippen molar-refractivity contribution < 1.29 is 13.9 Å². The molecule has 0 fully saturated rings. The molecule has 35 heavy (non-hydrogen) atoms. The maximum absolute atomic E-state index is 13.3. The zero-order chi connectivity index (χ0) is 24.4. The van der Waals surface area contributed by atoms with E-state index in [1.807, 2.05) is 30.3 Å².